The molecule has 0 saturated carbocycles. The Bertz CT molecular complexity index is 778. The number of nitrogens with one attached hydrogen (secondary N) is 2. The molecule has 3 aromatic rings. The van der Waals surface area contributed by atoms with Gasteiger partial charge >= 0.3 is 6.03 Å². The normalized spacial score (nSPS) is 10.8. The third-order valence-electron chi connectivity index (χ3n) is 3.35. The molecule has 1 aromatic carbocycles. The molecule has 2 N–H and O–H groups in total. The molecular weight excluding hydrogens is 298 g/mol. The van der Waals surface area contributed by atoms with Crippen molar-refractivity contribution in [2.75, 3.05) is 0 Å². The highest BCUT2D eigenvalue weighted by molar-refractivity contribution is 7.11. The van der Waals surface area contributed by atoms with Crippen LogP contribution in [0.5, 0.6) is 0 Å². The van der Waals surface area contributed by atoms with Gasteiger partial charge in [-0.15, -0.1) is 11.3 Å². The van der Waals surface area contributed by atoms with Gasteiger partial charge in [0.15, 0.2) is 0 Å². The molecule has 0 saturated heterocycles. The van der Waals surface area contributed by atoms with Crippen molar-refractivity contribution in [2.24, 2.45) is 0 Å². The quantitative estimate of drug-likeness (QED) is 0.758. The minimum atomic E-state index is -0.210. The van der Waals surface area contributed by atoms with Crippen molar-refractivity contribution in [3.8, 4) is 0 Å². The van der Waals surface area contributed by atoms with Gasteiger partial charge in [0.05, 0.1) is 12.8 Å². The summed E-state index contributed by atoms with van der Waals surface area (Å²) in [7, 11) is 0. The lowest BCUT2D eigenvalue weighted by atomic mass is 10.2. The molecule has 0 spiro atoms. The van der Waals surface area contributed by atoms with Crippen molar-refractivity contribution in [1.29, 1.82) is 0 Å². The van der Waals surface area contributed by atoms with Crippen molar-refractivity contribution >= 4 is 28.3 Å². The number of nitrogens with zero attached hydrogens (tertiary/aromatic N) is 1. The summed E-state index contributed by atoms with van der Waals surface area (Å²) in [4.78, 5) is 17.3. The summed E-state index contributed by atoms with van der Waals surface area (Å²) < 4.78 is 5.45. The Labute approximate surface area is 132 Å². The fraction of sp³-hybridized carbons (Fsp3) is 0.250. The van der Waals surface area contributed by atoms with E-state index in [2.05, 4.69) is 22.5 Å². The van der Waals surface area contributed by atoms with Crippen molar-refractivity contribution in [3.63, 3.8) is 0 Å². The van der Waals surface area contributed by atoms with Crippen LogP contribution in [-0.4, -0.2) is 11.0 Å². The highest BCUT2D eigenvalue weighted by atomic mass is 32.1. The molecule has 0 aliphatic carbocycles. The van der Waals surface area contributed by atoms with Crippen LogP contribution in [0.25, 0.3) is 11.0 Å². The van der Waals surface area contributed by atoms with Gasteiger partial charge in [0.1, 0.15) is 10.6 Å². The second kappa shape index (κ2) is 6.62. The van der Waals surface area contributed by atoms with E-state index in [0.717, 1.165) is 28.0 Å². The molecule has 2 amide bonds. The zero-order chi connectivity index (χ0) is 15.4. The van der Waals surface area contributed by atoms with Crippen LogP contribution >= 0.6 is 11.3 Å². The number of thiazole rings is 1. The van der Waals surface area contributed by atoms with E-state index in [1.165, 1.54) is 4.88 Å². The molecule has 0 atom stereocenters. The molecule has 0 unspecified atom stereocenters. The van der Waals surface area contributed by atoms with Gasteiger partial charge in [0.2, 0.25) is 0 Å². The molecule has 0 bridgehead atoms. The Balaban J connectivity index is 1.52. The molecule has 5 nitrogen and oxygen atoms in total. The zero-order valence-electron chi connectivity index (χ0n) is 12.3. The third-order valence-corrected chi connectivity index (χ3v) is 4.49. The topological polar surface area (TPSA) is 67.2 Å². The van der Waals surface area contributed by atoms with Crippen LogP contribution < -0.4 is 10.6 Å². The standard InChI is InChI=1S/C16H17N3O2S/c1-2-12-8-17-15(22-12)9-19-16(20)18-7-11-10-21-14-6-4-3-5-13(11)14/h3-6,8,10H,2,7,9H2,1H3,(H2,18,19,20). The number of hydrogen-bond donors (Lipinski definition) is 2. The van der Waals surface area contributed by atoms with Crippen LogP contribution in [0.2, 0.25) is 0 Å². The summed E-state index contributed by atoms with van der Waals surface area (Å²) in [6, 6.07) is 7.56. The first-order valence-electron chi connectivity index (χ1n) is 7.16. The maximum Gasteiger partial charge on any atom is 0.315 e. The number of aromatic nitrogens is 1. The third kappa shape index (κ3) is 3.28. The maximum absolute atomic E-state index is 11.8. The number of carbonyl (C=O) groups is 1. The van der Waals surface area contributed by atoms with Crippen molar-refractivity contribution in [2.45, 2.75) is 26.4 Å². The number of furan rings is 1. The Morgan fingerprint density at radius 2 is 2.09 bits per heavy atom. The summed E-state index contributed by atoms with van der Waals surface area (Å²) in [6.45, 7) is 2.97. The summed E-state index contributed by atoms with van der Waals surface area (Å²) in [5, 5.41) is 7.59. The van der Waals surface area contributed by atoms with Crippen molar-refractivity contribution in [3.05, 3.63) is 52.2 Å². The molecule has 114 valence electrons. The zero-order valence-corrected chi connectivity index (χ0v) is 13.1. The number of fused-ring (bicyclic) bond motifs is 1. The van der Waals surface area contributed by atoms with Crippen LogP contribution in [0.3, 0.4) is 0 Å². The lowest BCUT2D eigenvalue weighted by Gasteiger charge is -2.05. The summed E-state index contributed by atoms with van der Waals surface area (Å²) in [5.74, 6) is 0. The number of para-hydroxylation sites is 1. The van der Waals surface area contributed by atoms with Gasteiger partial charge in [0, 0.05) is 28.6 Å². The highest BCUT2D eigenvalue weighted by Gasteiger charge is 2.07. The van der Waals surface area contributed by atoms with Gasteiger partial charge < -0.3 is 15.1 Å². The van der Waals surface area contributed by atoms with Crippen LogP contribution in [0.15, 0.2) is 41.1 Å². The molecule has 3 rings (SSSR count). The monoisotopic (exact) mass is 315 g/mol. The summed E-state index contributed by atoms with van der Waals surface area (Å²) in [5.41, 5.74) is 1.79. The van der Waals surface area contributed by atoms with E-state index in [1.807, 2.05) is 30.5 Å². The first-order valence-corrected chi connectivity index (χ1v) is 7.98. The van der Waals surface area contributed by atoms with E-state index in [1.54, 1.807) is 17.6 Å². The molecule has 0 fully saturated rings. The second-order valence-electron chi connectivity index (χ2n) is 4.87. The number of amides is 2. The molecule has 0 aliphatic heterocycles. The molecule has 6 heteroatoms. The SMILES string of the molecule is CCc1cnc(CNC(=O)NCc2coc3ccccc23)s1. The van der Waals surface area contributed by atoms with Gasteiger partial charge in [-0.2, -0.15) is 0 Å². The molecule has 2 heterocycles. The average molecular weight is 315 g/mol. The van der Waals surface area contributed by atoms with Crippen molar-refractivity contribution < 1.29 is 9.21 Å². The minimum Gasteiger partial charge on any atom is -0.464 e. The number of rotatable bonds is 5. The van der Waals surface area contributed by atoms with Crippen LogP contribution in [-0.2, 0) is 19.5 Å². The number of benzene rings is 1. The first-order chi connectivity index (χ1) is 10.8. The lowest BCUT2D eigenvalue weighted by molar-refractivity contribution is 0.240. The Morgan fingerprint density at radius 3 is 2.91 bits per heavy atom. The summed E-state index contributed by atoms with van der Waals surface area (Å²) in [6.07, 6.45) is 4.51. The van der Waals surface area contributed by atoms with E-state index in [4.69, 9.17) is 4.42 Å². The number of urea groups is 1. The molecule has 22 heavy (non-hydrogen) atoms. The van der Waals surface area contributed by atoms with Gasteiger partial charge in [-0.25, -0.2) is 9.78 Å². The number of hydrogen-bond acceptors (Lipinski definition) is 4. The van der Waals surface area contributed by atoms with E-state index in [0.29, 0.717) is 13.1 Å². The number of aryl methyl sites for hydroxylation is 1. The predicted molar refractivity (Wildman–Crippen MR) is 86.8 cm³/mol. The molecule has 2 aromatic heterocycles. The number of carbonyl (C=O) groups excluding carboxylic acids is 1. The average Bonchev–Trinajstić information content (AvgIpc) is 3.17. The minimum absolute atomic E-state index is 0.210. The van der Waals surface area contributed by atoms with Crippen molar-refractivity contribution in [1.82, 2.24) is 15.6 Å². The van der Waals surface area contributed by atoms with Crippen LogP contribution in [0.1, 0.15) is 22.4 Å². The molecular formula is C16H17N3O2S. The Hall–Kier alpha value is -2.34. The largest absolute Gasteiger partial charge is 0.464 e. The molecule has 0 radical (unpaired) electrons. The summed E-state index contributed by atoms with van der Waals surface area (Å²) >= 11 is 1.62. The van der Waals surface area contributed by atoms with Gasteiger partial charge in [-0.05, 0) is 12.5 Å². The maximum atomic E-state index is 11.8. The van der Waals surface area contributed by atoms with E-state index in [-0.39, 0.29) is 6.03 Å². The second-order valence-corrected chi connectivity index (χ2v) is 6.07. The van der Waals surface area contributed by atoms with E-state index < -0.39 is 0 Å². The smallest absolute Gasteiger partial charge is 0.315 e. The highest BCUT2D eigenvalue weighted by Crippen LogP contribution is 2.20. The van der Waals surface area contributed by atoms with E-state index >= 15 is 0 Å². The first kappa shape index (κ1) is 14.6. The fourth-order valence-corrected chi connectivity index (χ4v) is 2.96. The van der Waals surface area contributed by atoms with Crippen LogP contribution in [0, 0.1) is 0 Å². The predicted octanol–water partition coefficient (Wildman–Crippen LogP) is 3.45. The van der Waals surface area contributed by atoms with Gasteiger partial charge in [-0.1, -0.05) is 25.1 Å². The van der Waals surface area contributed by atoms with Crippen LogP contribution in [0.4, 0.5) is 4.79 Å². The van der Waals surface area contributed by atoms with Gasteiger partial charge in [0.25, 0.3) is 0 Å². The Morgan fingerprint density at radius 1 is 1.27 bits per heavy atom. The fourth-order valence-electron chi connectivity index (χ4n) is 2.16. The van der Waals surface area contributed by atoms with Gasteiger partial charge in [-0.3, -0.25) is 0 Å². The van der Waals surface area contributed by atoms with E-state index in [9.17, 15) is 4.79 Å². The Kier molecular flexibility index (Phi) is 4.39. The lowest BCUT2D eigenvalue weighted by Crippen LogP contribution is -2.34. The molecule has 0 aliphatic rings.